The Morgan fingerprint density at radius 3 is 2.08 bits per heavy atom. The highest BCUT2D eigenvalue weighted by atomic mass is 16.8. The van der Waals surface area contributed by atoms with E-state index in [1.54, 1.807) is 6.92 Å². The van der Waals surface area contributed by atoms with Crippen molar-refractivity contribution in [3.05, 3.63) is 23.5 Å². The lowest BCUT2D eigenvalue weighted by Crippen LogP contribution is -2.60. The van der Waals surface area contributed by atoms with Crippen LogP contribution in [0.3, 0.4) is 0 Å². The molecule has 51 heavy (non-hydrogen) atoms. The SMILES string of the molecule is C/C=C1/[C@H](O[C@@H]2O[C@H](CO)[C@@H](O)[C@H](O)[C@H]2O)OC=C(C(=O)OC)[C@H]1CC(=O)OC[C@@H]1[C@@H](C)[C@@H](O)C[C@H]1[C@H](C)CO[C@H]1O[C@@H](CO)[C@H](O)[C@@H](O)[C@@H]1O. The molecule has 1 aliphatic carbocycles. The zero-order valence-electron chi connectivity index (χ0n) is 28.9. The number of allylic oxidation sites excluding steroid dienone is 1. The fourth-order valence-corrected chi connectivity index (χ4v) is 7.19. The maximum absolute atomic E-state index is 13.4. The van der Waals surface area contributed by atoms with Crippen LogP contribution in [0.1, 0.15) is 33.6 Å². The molecule has 4 aliphatic rings. The maximum Gasteiger partial charge on any atom is 0.337 e. The largest absolute Gasteiger partial charge is 0.468 e. The minimum absolute atomic E-state index is 0.00703. The molecule has 3 fully saturated rings. The number of aliphatic hydroxyl groups is 9. The average Bonchev–Trinajstić information content (AvgIpc) is 3.41. The van der Waals surface area contributed by atoms with E-state index in [1.165, 1.54) is 6.08 Å². The summed E-state index contributed by atoms with van der Waals surface area (Å²) in [6, 6.07) is 0. The van der Waals surface area contributed by atoms with Gasteiger partial charge >= 0.3 is 11.9 Å². The number of aliphatic hydroxyl groups excluding tert-OH is 9. The number of ether oxygens (including phenoxy) is 7. The summed E-state index contributed by atoms with van der Waals surface area (Å²) in [5, 5.41) is 91.0. The molecule has 18 heteroatoms. The Morgan fingerprint density at radius 1 is 0.922 bits per heavy atom. The number of esters is 2. The molecule has 0 radical (unpaired) electrons. The Morgan fingerprint density at radius 2 is 1.51 bits per heavy atom. The van der Waals surface area contributed by atoms with Gasteiger partial charge in [0.25, 0.3) is 0 Å². The fraction of sp³-hybridized carbons (Fsp3) is 0.818. The van der Waals surface area contributed by atoms with E-state index in [1.807, 2.05) is 13.8 Å². The van der Waals surface area contributed by atoms with Crippen LogP contribution in [0.25, 0.3) is 0 Å². The van der Waals surface area contributed by atoms with Crippen LogP contribution in [-0.4, -0.2) is 165 Å². The van der Waals surface area contributed by atoms with Gasteiger partial charge in [-0.3, -0.25) is 4.79 Å². The van der Waals surface area contributed by atoms with Gasteiger partial charge in [-0.15, -0.1) is 0 Å². The summed E-state index contributed by atoms with van der Waals surface area (Å²) in [6.07, 6.45) is -14.5. The van der Waals surface area contributed by atoms with E-state index < -0.39 is 105 Å². The molecule has 4 rings (SSSR count). The van der Waals surface area contributed by atoms with Gasteiger partial charge in [-0.2, -0.15) is 0 Å². The van der Waals surface area contributed by atoms with Crippen LogP contribution < -0.4 is 0 Å². The normalized spacial score (nSPS) is 42.9. The summed E-state index contributed by atoms with van der Waals surface area (Å²) in [5.74, 6) is -3.57. The predicted octanol–water partition coefficient (Wildman–Crippen LogP) is -3.20. The molecule has 18 nitrogen and oxygen atoms in total. The van der Waals surface area contributed by atoms with Crippen molar-refractivity contribution in [3.8, 4) is 0 Å². The van der Waals surface area contributed by atoms with E-state index in [9.17, 15) is 55.5 Å². The Balaban J connectivity index is 1.41. The van der Waals surface area contributed by atoms with Crippen LogP contribution in [0.5, 0.6) is 0 Å². The van der Waals surface area contributed by atoms with Crippen molar-refractivity contribution >= 4 is 11.9 Å². The van der Waals surface area contributed by atoms with Crippen LogP contribution in [0.4, 0.5) is 0 Å². The molecule has 0 spiro atoms. The molecule has 0 aromatic rings. The van der Waals surface area contributed by atoms with E-state index in [4.69, 9.17) is 33.2 Å². The number of methoxy groups -OCH3 is 1. The summed E-state index contributed by atoms with van der Waals surface area (Å²) in [6.45, 7) is 3.89. The van der Waals surface area contributed by atoms with Crippen molar-refractivity contribution in [2.24, 2.45) is 29.6 Å². The zero-order valence-corrected chi connectivity index (χ0v) is 28.9. The van der Waals surface area contributed by atoms with E-state index in [2.05, 4.69) is 0 Å². The van der Waals surface area contributed by atoms with Crippen molar-refractivity contribution in [3.63, 3.8) is 0 Å². The summed E-state index contributed by atoms with van der Waals surface area (Å²) >= 11 is 0. The van der Waals surface area contributed by atoms with Crippen molar-refractivity contribution in [2.75, 3.05) is 33.5 Å². The molecule has 0 aromatic heterocycles. The summed E-state index contributed by atoms with van der Waals surface area (Å²) in [4.78, 5) is 26.1. The van der Waals surface area contributed by atoms with Crippen molar-refractivity contribution < 1.29 is 88.7 Å². The van der Waals surface area contributed by atoms with Gasteiger partial charge in [-0.1, -0.05) is 19.9 Å². The van der Waals surface area contributed by atoms with E-state index in [0.29, 0.717) is 6.42 Å². The molecule has 0 bridgehead atoms. The minimum Gasteiger partial charge on any atom is -0.468 e. The maximum atomic E-state index is 13.4. The highest BCUT2D eigenvalue weighted by Crippen LogP contribution is 2.42. The molecule has 9 N–H and O–H groups in total. The number of carbonyl (C=O) groups is 2. The molecular formula is C33H52O18. The lowest BCUT2D eigenvalue weighted by Gasteiger charge is -2.42. The topological polar surface area (TPSA) is 281 Å². The molecule has 0 amide bonds. The highest BCUT2D eigenvalue weighted by Gasteiger charge is 2.48. The second kappa shape index (κ2) is 18.2. The van der Waals surface area contributed by atoms with Gasteiger partial charge in [0.05, 0.1) is 57.9 Å². The first-order chi connectivity index (χ1) is 24.2. The second-order valence-electron chi connectivity index (χ2n) is 13.6. The summed E-state index contributed by atoms with van der Waals surface area (Å²) in [5.41, 5.74) is 0.228. The third-order valence-corrected chi connectivity index (χ3v) is 10.5. The van der Waals surface area contributed by atoms with Crippen molar-refractivity contribution in [1.29, 1.82) is 0 Å². The standard InChI is InChI=1S/C33H52O18/c1-5-15-17(19(30(44)45-4)12-48-31(15)51-33-29(43)27(41)25(39)22(9-35)50-33)7-23(37)46-11-18-14(3)20(36)6-16(18)13(2)10-47-32-28(42)26(40)24(38)21(8-34)49-32/h5,12-14,16-18,20-22,24-29,31-36,38-43H,6-11H2,1-4H3/b15-5+/t13-,14-,16+,17+,18-,20+,21+,22-,24+,25-,26-,27+,28+,29-,31+,32+,33+/m1/s1. The first-order valence-electron chi connectivity index (χ1n) is 17.0. The van der Waals surface area contributed by atoms with Gasteiger partial charge in [-0.25, -0.2) is 4.79 Å². The van der Waals surface area contributed by atoms with Gasteiger partial charge in [0, 0.05) is 17.4 Å². The van der Waals surface area contributed by atoms with Crippen molar-refractivity contribution in [2.45, 2.75) is 107 Å². The Hall–Kier alpha value is -2.30. The number of carbonyl (C=O) groups excluding carboxylic acids is 2. The van der Waals surface area contributed by atoms with E-state index >= 15 is 0 Å². The molecule has 2 saturated heterocycles. The molecule has 3 heterocycles. The minimum atomic E-state index is -1.74. The van der Waals surface area contributed by atoms with Crippen LogP contribution in [-0.2, 0) is 42.7 Å². The molecule has 17 atom stereocenters. The molecule has 0 unspecified atom stereocenters. The molecule has 3 aliphatic heterocycles. The van der Waals surface area contributed by atoms with E-state index in [-0.39, 0.29) is 54.5 Å². The molecular weight excluding hydrogens is 684 g/mol. The summed E-state index contributed by atoms with van der Waals surface area (Å²) in [7, 11) is 1.15. The number of hydrogen-bond donors (Lipinski definition) is 9. The smallest absolute Gasteiger partial charge is 0.337 e. The molecule has 292 valence electrons. The number of hydrogen-bond acceptors (Lipinski definition) is 18. The third kappa shape index (κ3) is 9.09. The third-order valence-electron chi connectivity index (χ3n) is 10.5. The van der Waals surface area contributed by atoms with Crippen LogP contribution >= 0.6 is 0 Å². The summed E-state index contributed by atoms with van der Waals surface area (Å²) < 4.78 is 38.6. The van der Waals surface area contributed by atoms with Crippen LogP contribution in [0, 0.1) is 29.6 Å². The molecule has 1 saturated carbocycles. The van der Waals surface area contributed by atoms with Gasteiger partial charge in [0.1, 0.15) is 48.8 Å². The lowest BCUT2D eigenvalue weighted by atomic mass is 9.83. The van der Waals surface area contributed by atoms with Crippen LogP contribution in [0.2, 0.25) is 0 Å². The Bertz CT molecular complexity index is 1220. The quantitative estimate of drug-likeness (QED) is 0.0665. The van der Waals surface area contributed by atoms with Crippen LogP contribution in [0.15, 0.2) is 23.5 Å². The highest BCUT2D eigenvalue weighted by molar-refractivity contribution is 5.90. The predicted molar refractivity (Wildman–Crippen MR) is 168 cm³/mol. The number of rotatable bonds is 13. The van der Waals surface area contributed by atoms with E-state index in [0.717, 1.165) is 13.4 Å². The zero-order chi connectivity index (χ0) is 37.7. The Labute approximate surface area is 294 Å². The molecule has 0 aromatic carbocycles. The lowest BCUT2D eigenvalue weighted by molar-refractivity contribution is -0.327. The van der Waals surface area contributed by atoms with Gasteiger partial charge in [0.15, 0.2) is 12.6 Å². The first kappa shape index (κ1) is 41.5. The Kier molecular flexibility index (Phi) is 14.8. The monoisotopic (exact) mass is 736 g/mol. The van der Waals surface area contributed by atoms with Gasteiger partial charge in [-0.05, 0) is 31.1 Å². The van der Waals surface area contributed by atoms with Gasteiger partial charge in [0.2, 0.25) is 6.29 Å². The fourth-order valence-electron chi connectivity index (χ4n) is 7.19. The second-order valence-corrected chi connectivity index (χ2v) is 13.6. The van der Waals surface area contributed by atoms with Crippen molar-refractivity contribution in [1.82, 2.24) is 0 Å². The van der Waals surface area contributed by atoms with Gasteiger partial charge < -0.3 is 79.1 Å². The average molecular weight is 737 g/mol. The first-order valence-corrected chi connectivity index (χ1v) is 17.0.